The van der Waals surface area contributed by atoms with Crippen molar-refractivity contribution in [2.45, 2.75) is 38.3 Å². The Morgan fingerprint density at radius 1 is 1.50 bits per heavy atom. The van der Waals surface area contributed by atoms with Gasteiger partial charge in [0.15, 0.2) is 0 Å². The molecule has 0 spiro atoms. The molecule has 0 aromatic rings. The van der Waals surface area contributed by atoms with Crippen LogP contribution in [-0.4, -0.2) is 63.3 Å². The number of methoxy groups -OCH3 is 1. The standard InChI is InChI=1S/C13H27N3O2/c1-11-9-12(5-7-16(11)2)15-10-13(17)14-6-4-8-18-3/h11-12,15H,4-10H2,1-3H3,(H,14,17). The van der Waals surface area contributed by atoms with Gasteiger partial charge in [0.05, 0.1) is 6.54 Å². The molecule has 0 aliphatic carbocycles. The molecule has 1 aliphatic rings. The number of nitrogens with one attached hydrogen (secondary N) is 2. The Kier molecular flexibility index (Phi) is 7.23. The molecule has 18 heavy (non-hydrogen) atoms. The van der Waals surface area contributed by atoms with Crippen molar-refractivity contribution in [2.75, 3.05) is 40.4 Å². The second-order valence-corrected chi connectivity index (χ2v) is 5.13. The minimum absolute atomic E-state index is 0.0812. The number of hydrogen-bond donors (Lipinski definition) is 2. The summed E-state index contributed by atoms with van der Waals surface area (Å²) in [5, 5.41) is 6.23. The summed E-state index contributed by atoms with van der Waals surface area (Å²) in [4.78, 5) is 13.9. The maximum absolute atomic E-state index is 11.6. The van der Waals surface area contributed by atoms with Crippen molar-refractivity contribution in [3.05, 3.63) is 0 Å². The third kappa shape index (κ3) is 5.80. The van der Waals surface area contributed by atoms with Crippen LogP contribution in [0, 0.1) is 0 Å². The van der Waals surface area contributed by atoms with E-state index in [-0.39, 0.29) is 5.91 Å². The van der Waals surface area contributed by atoms with Gasteiger partial charge in [-0.3, -0.25) is 4.79 Å². The lowest BCUT2D eigenvalue weighted by atomic mass is 9.99. The van der Waals surface area contributed by atoms with Gasteiger partial charge in [0.25, 0.3) is 0 Å². The first kappa shape index (κ1) is 15.4. The summed E-state index contributed by atoms with van der Waals surface area (Å²) in [6.07, 6.45) is 3.11. The Labute approximate surface area is 110 Å². The summed E-state index contributed by atoms with van der Waals surface area (Å²) >= 11 is 0. The van der Waals surface area contributed by atoms with Gasteiger partial charge in [-0.2, -0.15) is 0 Å². The lowest BCUT2D eigenvalue weighted by molar-refractivity contribution is -0.120. The van der Waals surface area contributed by atoms with E-state index in [0.717, 1.165) is 25.8 Å². The Morgan fingerprint density at radius 2 is 2.28 bits per heavy atom. The fourth-order valence-corrected chi connectivity index (χ4v) is 2.22. The second-order valence-electron chi connectivity index (χ2n) is 5.13. The van der Waals surface area contributed by atoms with Crippen LogP contribution in [0.2, 0.25) is 0 Å². The highest BCUT2D eigenvalue weighted by molar-refractivity contribution is 5.77. The van der Waals surface area contributed by atoms with Crippen LogP contribution in [0.1, 0.15) is 26.2 Å². The molecule has 0 saturated carbocycles. The van der Waals surface area contributed by atoms with Crippen LogP contribution < -0.4 is 10.6 Å². The van der Waals surface area contributed by atoms with Crippen molar-refractivity contribution in [3.63, 3.8) is 0 Å². The van der Waals surface area contributed by atoms with Crippen LogP contribution in [0.4, 0.5) is 0 Å². The Hall–Kier alpha value is -0.650. The first-order valence-corrected chi connectivity index (χ1v) is 6.82. The van der Waals surface area contributed by atoms with Gasteiger partial charge in [0, 0.05) is 32.3 Å². The van der Waals surface area contributed by atoms with Gasteiger partial charge in [0.1, 0.15) is 0 Å². The summed E-state index contributed by atoms with van der Waals surface area (Å²) in [5.41, 5.74) is 0. The van der Waals surface area contributed by atoms with Crippen molar-refractivity contribution >= 4 is 5.91 Å². The maximum Gasteiger partial charge on any atom is 0.233 e. The van der Waals surface area contributed by atoms with Gasteiger partial charge in [-0.15, -0.1) is 0 Å². The molecule has 5 heteroatoms. The monoisotopic (exact) mass is 257 g/mol. The summed E-state index contributed by atoms with van der Waals surface area (Å²) in [5.74, 6) is 0.0812. The predicted molar refractivity (Wildman–Crippen MR) is 72.6 cm³/mol. The van der Waals surface area contributed by atoms with Crippen LogP contribution >= 0.6 is 0 Å². The highest BCUT2D eigenvalue weighted by atomic mass is 16.5. The lowest BCUT2D eigenvalue weighted by Crippen LogP contribution is -2.48. The fraction of sp³-hybridized carbons (Fsp3) is 0.923. The normalized spacial score (nSPS) is 25.1. The molecular weight excluding hydrogens is 230 g/mol. The van der Waals surface area contributed by atoms with Crippen LogP contribution in [0.3, 0.4) is 0 Å². The highest BCUT2D eigenvalue weighted by Gasteiger charge is 2.22. The van der Waals surface area contributed by atoms with E-state index in [9.17, 15) is 4.79 Å². The first-order chi connectivity index (χ1) is 8.63. The van der Waals surface area contributed by atoms with Crippen LogP contribution in [0.25, 0.3) is 0 Å². The third-order valence-corrected chi connectivity index (χ3v) is 3.61. The predicted octanol–water partition coefficient (Wildman–Crippen LogP) is 0.211. The van der Waals surface area contributed by atoms with E-state index < -0.39 is 0 Å². The molecule has 1 rings (SSSR count). The van der Waals surface area contributed by atoms with Gasteiger partial charge in [-0.1, -0.05) is 0 Å². The van der Waals surface area contributed by atoms with Crippen molar-refractivity contribution in [2.24, 2.45) is 0 Å². The Bertz CT molecular complexity index is 248. The Morgan fingerprint density at radius 3 is 2.94 bits per heavy atom. The summed E-state index contributed by atoms with van der Waals surface area (Å²) in [7, 11) is 3.83. The molecule has 5 nitrogen and oxygen atoms in total. The molecule has 0 bridgehead atoms. The molecule has 2 unspecified atom stereocenters. The van der Waals surface area contributed by atoms with Gasteiger partial charge < -0.3 is 20.3 Å². The van der Waals surface area contributed by atoms with E-state index in [1.807, 2.05) is 0 Å². The van der Waals surface area contributed by atoms with Crippen LogP contribution in [0.5, 0.6) is 0 Å². The van der Waals surface area contributed by atoms with E-state index in [1.54, 1.807) is 7.11 Å². The molecule has 1 heterocycles. The molecule has 1 fully saturated rings. The van der Waals surface area contributed by atoms with Gasteiger partial charge in [-0.05, 0) is 39.8 Å². The lowest BCUT2D eigenvalue weighted by Gasteiger charge is -2.35. The van der Waals surface area contributed by atoms with Gasteiger partial charge in [0.2, 0.25) is 5.91 Å². The smallest absolute Gasteiger partial charge is 0.233 e. The van der Waals surface area contributed by atoms with E-state index in [0.29, 0.717) is 31.8 Å². The van der Waals surface area contributed by atoms with Gasteiger partial charge in [-0.25, -0.2) is 0 Å². The summed E-state index contributed by atoms with van der Waals surface area (Å²) < 4.78 is 4.93. The minimum Gasteiger partial charge on any atom is -0.385 e. The number of piperidine rings is 1. The van der Waals surface area contributed by atoms with E-state index in [2.05, 4.69) is 29.5 Å². The molecule has 0 radical (unpaired) electrons. The molecule has 0 aromatic carbocycles. The number of nitrogens with zero attached hydrogens (tertiary/aromatic N) is 1. The number of ether oxygens (including phenoxy) is 1. The molecule has 106 valence electrons. The average molecular weight is 257 g/mol. The molecule has 2 N–H and O–H groups in total. The Balaban J connectivity index is 2.07. The van der Waals surface area contributed by atoms with Crippen molar-refractivity contribution < 1.29 is 9.53 Å². The molecule has 2 atom stereocenters. The fourth-order valence-electron chi connectivity index (χ4n) is 2.22. The maximum atomic E-state index is 11.6. The number of rotatable bonds is 7. The number of hydrogen-bond acceptors (Lipinski definition) is 4. The van der Waals surface area contributed by atoms with Crippen LogP contribution in [0.15, 0.2) is 0 Å². The minimum atomic E-state index is 0.0812. The average Bonchev–Trinajstić information content (AvgIpc) is 2.36. The summed E-state index contributed by atoms with van der Waals surface area (Å²) in [6.45, 7) is 5.15. The quantitative estimate of drug-likeness (QED) is 0.640. The zero-order valence-electron chi connectivity index (χ0n) is 11.9. The molecule has 1 aliphatic heterocycles. The summed E-state index contributed by atoms with van der Waals surface area (Å²) in [6, 6.07) is 1.07. The number of amides is 1. The largest absolute Gasteiger partial charge is 0.385 e. The molecule has 0 aromatic heterocycles. The van der Waals surface area contributed by atoms with Crippen molar-refractivity contribution in [1.82, 2.24) is 15.5 Å². The zero-order chi connectivity index (χ0) is 13.4. The third-order valence-electron chi connectivity index (χ3n) is 3.61. The van der Waals surface area contributed by atoms with Crippen molar-refractivity contribution in [1.29, 1.82) is 0 Å². The number of carbonyl (C=O) groups excluding carboxylic acids is 1. The molecule has 1 saturated heterocycles. The molecular formula is C13H27N3O2. The van der Waals surface area contributed by atoms with Crippen LogP contribution in [-0.2, 0) is 9.53 Å². The zero-order valence-corrected chi connectivity index (χ0v) is 11.9. The van der Waals surface area contributed by atoms with E-state index >= 15 is 0 Å². The van der Waals surface area contributed by atoms with E-state index in [4.69, 9.17) is 4.74 Å². The highest BCUT2D eigenvalue weighted by Crippen LogP contribution is 2.14. The number of likely N-dealkylation sites (tertiary alicyclic amines) is 1. The topological polar surface area (TPSA) is 53.6 Å². The van der Waals surface area contributed by atoms with E-state index in [1.165, 1.54) is 0 Å². The van der Waals surface area contributed by atoms with Crippen molar-refractivity contribution in [3.8, 4) is 0 Å². The number of carbonyl (C=O) groups is 1. The molecule has 1 amide bonds. The van der Waals surface area contributed by atoms with Gasteiger partial charge >= 0.3 is 0 Å². The second kappa shape index (κ2) is 8.45. The SMILES string of the molecule is COCCCNC(=O)CNC1CCN(C)C(C)C1. The first-order valence-electron chi connectivity index (χ1n) is 6.82.